The Hall–Kier alpha value is -1.90. The quantitative estimate of drug-likeness (QED) is 0.298. The van der Waals surface area contributed by atoms with Gasteiger partial charge in [0.1, 0.15) is 6.04 Å². The molecule has 1 fully saturated rings. The molecule has 0 aromatic heterocycles. The first-order chi connectivity index (χ1) is 16.3. The molecule has 7 atom stereocenters. The first kappa shape index (κ1) is 22.6. The molecule has 0 radical (unpaired) electrons. The molecule has 2 aliphatic heterocycles. The van der Waals surface area contributed by atoms with Gasteiger partial charge in [0, 0.05) is 39.2 Å². The van der Waals surface area contributed by atoms with Crippen molar-refractivity contribution in [1.29, 1.82) is 0 Å². The number of nitrogens with zero attached hydrogens (tertiary/aromatic N) is 2. The molecule has 2 heterocycles. The van der Waals surface area contributed by atoms with Gasteiger partial charge in [-0.05, 0) is 60.1 Å². The SMILES string of the molecule is O=C(O)C1C2CC(Sc3ccccc3N([O-])O)C(Cl)C2c2cc(Cl)cc3c2N1CC1CC=CC31. The van der Waals surface area contributed by atoms with Gasteiger partial charge in [0.15, 0.2) is 0 Å². The predicted molar refractivity (Wildman–Crippen MR) is 134 cm³/mol. The molecular formula is C25H23Cl2N2O4S-. The molecule has 0 saturated heterocycles. The number of allylic oxidation sites excluding steroid dienone is 2. The van der Waals surface area contributed by atoms with Crippen molar-refractivity contribution in [3.05, 3.63) is 69.9 Å². The number of carbonyl (C=O) groups is 1. The van der Waals surface area contributed by atoms with Crippen LogP contribution in [0.15, 0.2) is 53.4 Å². The lowest BCUT2D eigenvalue weighted by Gasteiger charge is -2.49. The minimum absolute atomic E-state index is 0.130. The van der Waals surface area contributed by atoms with Gasteiger partial charge < -0.3 is 20.4 Å². The highest BCUT2D eigenvalue weighted by atomic mass is 35.5. The van der Waals surface area contributed by atoms with Crippen molar-refractivity contribution in [2.45, 2.75) is 46.2 Å². The van der Waals surface area contributed by atoms with Crippen molar-refractivity contribution in [1.82, 2.24) is 0 Å². The van der Waals surface area contributed by atoms with Crippen LogP contribution in [0.4, 0.5) is 11.4 Å². The number of thioether (sulfide) groups is 1. The van der Waals surface area contributed by atoms with E-state index in [2.05, 4.69) is 17.1 Å². The monoisotopic (exact) mass is 517 g/mol. The van der Waals surface area contributed by atoms with Crippen LogP contribution in [0.25, 0.3) is 0 Å². The van der Waals surface area contributed by atoms with Gasteiger partial charge in [-0.25, -0.2) is 4.79 Å². The molecule has 178 valence electrons. The number of alkyl halides is 1. The Morgan fingerprint density at radius 2 is 2.00 bits per heavy atom. The van der Waals surface area contributed by atoms with Crippen LogP contribution < -0.4 is 10.1 Å². The first-order valence-electron chi connectivity index (χ1n) is 11.4. The van der Waals surface area contributed by atoms with Crippen molar-refractivity contribution in [2.24, 2.45) is 11.8 Å². The van der Waals surface area contributed by atoms with E-state index < -0.39 is 12.0 Å². The predicted octanol–water partition coefficient (Wildman–Crippen LogP) is 5.85. The summed E-state index contributed by atoms with van der Waals surface area (Å²) in [6, 6.07) is 10.1. The zero-order chi connectivity index (χ0) is 23.7. The lowest BCUT2D eigenvalue weighted by molar-refractivity contribution is -0.140. The molecule has 7 unspecified atom stereocenters. The fraction of sp³-hybridized carbons (Fsp3) is 0.400. The number of halogens is 2. The smallest absolute Gasteiger partial charge is 0.326 e. The van der Waals surface area contributed by atoms with Crippen molar-refractivity contribution in [3.8, 4) is 0 Å². The second-order valence-electron chi connectivity index (χ2n) is 9.58. The Bertz CT molecular complexity index is 1190. The molecule has 6 nitrogen and oxygen atoms in total. The molecule has 4 aliphatic rings. The second-order valence-corrected chi connectivity index (χ2v) is 11.8. The van der Waals surface area contributed by atoms with Crippen LogP contribution in [0.2, 0.25) is 5.02 Å². The number of hydrogen-bond donors (Lipinski definition) is 2. The fourth-order valence-corrected chi connectivity index (χ4v) is 8.79. The zero-order valence-corrected chi connectivity index (χ0v) is 20.4. The molecule has 2 aromatic carbocycles. The third-order valence-electron chi connectivity index (χ3n) is 7.87. The molecule has 2 aromatic rings. The second kappa shape index (κ2) is 8.35. The van der Waals surface area contributed by atoms with Gasteiger partial charge in [-0.15, -0.1) is 23.4 Å². The van der Waals surface area contributed by atoms with Crippen LogP contribution in [0.5, 0.6) is 0 Å². The van der Waals surface area contributed by atoms with Gasteiger partial charge in [-0.1, -0.05) is 35.9 Å². The van der Waals surface area contributed by atoms with Crippen molar-refractivity contribution < 1.29 is 15.1 Å². The number of fused-ring (bicyclic) bond motifs is 4. The lowest BCUT2D eigenvalue weighted by Crippen LogP contribution is -2.55. The zero-order valence-electron chi connectivity index (χ0n) is 18.1. The summed E-state index contributed by atoms with van der Waals surface area (Å²) in [5.41, 5.74) is 3.28. The lowest BCUT2D eigenvalue weighted by atomic mass is 9.72. The maximum atomic E-state index is 12.7. The summed E-state index contributed by atoms with van der Waals surface area (Å²) < 4.78 is 0. The molecule has 0 bridgehead atoms. The van der Waals surface area contributed by atoms with Gasteiger partial charge in [-0.3, -0.25) is 5.21 Å². The Kier molecular flexibility index (Phi) is 5.54. The number of rotatable bonds is 4. The van der Waals surface area contributed by atoms with Crippen molar-refractivity contribution in [2.75, 3.05) is 16.7 Å². The number of aliphatic carboxylic acids is 1. The van der Waals surface area contributed by atoms with E-state index in [-0.39, 0.29) is 39.3 Å². The average molecular weight is 518 g/mol. The number of carboxylic acids is 1. The maximum Gasteiger partial charge on any atom is 0.326 e. The molecule has 1 saturated carbocycles. The van der Waals surface area contributed by atoms with E-state index in [4.69, 9.17) is 23.2 Å². The number of carboxylic acid groups (broad SMARTS) is 1. The average Bonchev–Trinajstić information content (AvgIpc) is 3.38. The fourth-order valence-electron chi connectivity index (χ4n) is 6.61. The third kappa shape index (κ3) is 3.36. The topological polar surface area (TPSA) is 87.1 Å². The maximum absolute atomic E-state index is 12.7. The highest BCUT2D eigenvalue weighted by Gasteiger charge is 2.56. The minimum Gasteiger partial charge on any atom is -0.733 e. The first-order valence-corrected chi connectivity index (χ1v) is 13.1. The van der Waals surface area contributed by atoms with Crippen LogP contribution >= 0.6 is 35.0 Å². The summed E-state index contributed by atoms with van der Waals surface area (Å²) in [7, 11) is 0. The number of hydrogen-bond acceptors (Lipinski definition) is 6. The highest BCUT2D eigenvalue weighted by Crippen LogP contribution is 2.60. The van der Waals surface area contributed by atoms with E-state index in [1.807, 2.05) is 12.1 Å². The summed E-state index contributed by atoms with van der Waals surface area (Å²) in [4.78, 5) is 15.4. The minimum atomic E-state index is -0.832. The van der Waals surface area contributed by atoms with E-state index in [1.54, 1.807) is 24.3 Å². The summed E-state index contributed by atoms with van der Waals surface area (Å²) in [6.45, 7) is 0.697. The largest absolute Gasteiger partial charge is 0.733 e. The standard InChI is InChI=1S/C25H23Cl2N2O4S/c26-13-8-15-14-5-3-4-12(14)11-28-23(15)16(9-13)21-17(24(28)25(30)31)10-20(22(21)27)34-19-7-2-1-6-18(19)29(32)33/h1-3,5-9,12,14,17,20-22,24,32H,4,10-11H2,(H,30,31)/q-1. The molecule has 0 spiro atoms. The molecular weight excluding hydrogens is 495 g/mol. The molecule has 2 N–H and O–H groups in total. The van der Waals surface area contributed by atoms with Crippen LogP contribution in [0.1, 0.15) is 35.8 Å². The van der Waals surface area contributed by atoms with Gasteiger partial charge in [0.2, 0.25) is 0 Å². The molecule has 9 heteroatoms. The normalized spacial score (nSPS) is 32.8. The Labute approximate surface area is 211 Å². The van der Waals surface area contributed by atoms with E-state index >= 15 is 0 Å². The Morgan fingerprint density at radius 1 is 1.24 bits per heavy atom. The number of anilines is 2. The van der Waals surface area contributed by atoms with Gasteiger partial charge in [0.05, 0.1) is 11.1 Å². The van der Waals surface area contributed by atoms with Crippen molar-refractivity contribution >= 4 is 52.3 Å². The van der Waals surface area contributed by atoms with E-state index in [9.17, 15) is 20.3 Å². The number of benzene rings is 2. The van der Waals surface area contributed by atoms with Crippen LogP contribution in [-0.4, -0.2) is 39.5 Å². The highest BCUT2D eigenvalue weighted by molar-refractivity contribution is 8.00. The number of para-hydroxylation sites is 1. The third-order valence-corrected chi connectivity index (χ3v) is 10.2. The Balaban J connectivity index is 1.44. The Morgan fingerprint density at radius 3 is 2.76 bits per heavy atom. The van der Waals surface area contributed by atoms with Gasteiger partial charge in [-0.2, -0.15) is 0 Å². The summed E-state index contributed by atoms with van der Waals surface area (Å²) in [5.74, 6) is -0.603. The molecule has 34 heavy (non-hydrogen) atoms. The van der Waals surface area contributed by atoms with Crippen LogP contribution in [-0.2, 0) is 4.79 Å². The molecule has 0 amide bonds. The molecule has 6 rings (SSSR count). The molecule has 2 aliphatic carbocycles. The van der Waals surface area contributed by atoms with E-state index in [0.717, 1.165) is 23.2 Å². The summed E-state index contributed by atoms with van der Waals surface area (Å²) in [6.07, 6.45) is 5.93. The van der Waals surface area contributed by atoms with E-state index in [0.29, 0.717) is 28.8 Å². The van der Waals surface area contributed by atoms with Crippen LogP contribution in [0.3, 0.4) is 0 Å². The summed E-state index contributed by atoms with van der Waals surface area (Å²) in [5, 5.41) is 31.6. The van der Waals surface area contributed by atoms with Crippen molar-refractivity contribution in [3.63, 3.8) is 0 Å². The van der Waals surface area contributed by atoms with Gasteiger partial charge >= 0.3 is 5.97 Å². The van der Waals surface area contributed by atoms with Crippen LogP contribution in [0, 0.1) is 17.0 Å². The van der Waals surface area contributed by atoms with Gasteiger partial charge in [0.25, 0.3) is 0 Å². The van der Waals surface area contributed by atoms with E-state index in [1.165, 1.54) is 11.8 Å². The summed E-state index contributed by atoms with van der Waals surface area (Å²) >= 11 is 15.1.